The molecule has 1 aliphatic rings. The second-order valence-electron chi connectivity index (χ2n) is 5.99. The maximum absolute atomic E-state index is 12.9. The molecule has 0 bridgehead atoms. The zero-order valence-electron chi connectivity index (χ0n) is 13.3. The summed E-state index contributed by atoms with van der Waals surface area (Å²) < 4.78 is 27.2. The largest absolute Gasteiger partial charge is 0.398 e. The number of rotatable bonds is 4. The number of sulfonamides is 1. The molecule has 1 fully saturated rings. The average Bonchev–Trinajstić information content (AvgIpc) is 2.80. The van der Waals surface area contributed by atoms with E-state index in [0.29, 0.717) is 28.7 Å². The number of anilines is 1. The van der Waals surface area contributed by atoms with Gasteiger partial charge in [0.1, 0.15) is 0 Å². The molecule has 21 heavy (non-hydrogen) atoms. The molecule has 0 spiro atoms. The highest BCUT2D eigenvalue weighted by Gasteiger charge is 2.30. The van der Waals surface area contributed by atoms with E-state index in [9.17, 15) is 8.42 Å². The lowest BCUT2D eigenvalue weighted by atomic mass is 10.1. The van der Waals surface area contributed by atoms with E-state index in [1.807, 2.05) is 6.92 Å². The standard InChI is InChI=1S/C15H25N3O2S/c1-11-7-8-14(16)12(2)15(11)21(19,20)18(4)10-13-6-5-9-17(13)3/h7-8,13H,5-6,9-10,16H2,1-4H3. The minimum atomic E-state index is -3.51. The van der Waals surface area contributed by atoms with Gasteiger partial charge in [-0.3, -0.25) is 0 Å². The number of hydrogen-bond donors (Lipinski definition) is 1. The Morgan fingerprint density at radius 2 is 2.05 bits per heavy atom. The molecular weight excluding hydrogens is 286 g/mol. The van der Waals surface area contributed by atoms with E-state index in [1.165, 1.54) is 4.31 Å². The van der Waals surface area contributed by atoms with Crippen LogP contribution in [0.2, 0.25) is 0 Å². The molecular formula is C15H25N3O2S. The zero-order valence-corrected chi connectivity index (χ0v) is 14.1. The highest BCUT2D eigenvalue weighted by molar-refractivity contribution is 7.89. The maximum Gasteiger partial charge on any atom is 0.243 e. The predicted octanol–water partition coefficient (Wildman–Crippen LogP) is 1.60. The molecule has 0 aromatic heterocycles. The highest BCUT2D eigenvalue weighted by Crippen LogP contribution is 2.28. The first-order valence-corrected chi connectivity index (χ1v) is 8.71. The first-order chi connectivity index (χ1) is 9.75. The Morgan fingerprint density at radius 1 is 1.38 bits per heavy atom. The molecule has 0 saturated carbocycles. The van der Waals surface area contributed by atoms with Gasteiger partial charge in [0.2, 0.25) is 10.0 Å². The third kappa shape index (κ3) is 3.07. The van der Waals surface area contributed by atoms with Gasteiger partial charge in [-0.2, -0.15) is 4.31 Å². The minimum Gasteiger partial charge on any atom is -0.398 e. The van der Waals surface area contributed by atoms with Crippen molar-refractivity contribution in [2.75, 3.05) is 32.9 Å². The van der Waals surface area contributed by atoms with Crippen LogP contribution in [0.3, 0.4) is 0 Å². The molecule has 0 aliphatic carbocycles. The lowest BCUT2D eigenvalue weighted by Crippen LogP contribution is -2.39. The molecule has 1 aromatic rings. The molecule has 5 nitrogen and oxygen atoms in total. The van der Waals surface area contributed by atoms with Gasteiger partial charge in [-0.1, -0.05) is 6.07 Å². The molecule has 0 radical (unpaired) electrons. The number of hydrogen-bond acceptors (Lipinski definition) is 4. The van der Waals surface area contributed by atoms with Crippen molar-refractivity contribution in [1.29, 1.82) is 0 Å². The van der Waals surface area contributed by atoms with Crippen LogP contribution in [0.15, 0.2) is 17.0 Å². The topological polar surface area (TPSA) is 66.6 Å². The van der Waals surface area contributed by atoms with Crippen LogP contribution >= 0.6 is 0 Å². The number of nitrogens with zero attached hydrogens (tertiary/aromatic N) is 2. The van der Waals surface area contributed by atoms with Gasteiger partial charge in [-0.25, -0.2) is 8.42 Å². The predicted molar refractivity (Wildman–Crippen MR) is 85.8 cm³/mol. The van der Waals surface area contributed by atoms with Crippen LogP contribution < -0.4 is 5.73 Å². The summed E-state index contributed by atoms with van der Waals surface area (Å²) in [6, 6.07) is 3.82. The summed E-state index contributed by atoms with van der Waals surface area (Å²) in [4.78, 5) is 2.58. The second kappa shape index (κ2) is 5.94. The summed E-state index contributed by atoms with van der Waals surface area (Å²) in [6.45, 7) is 5.14. The number of likely N-dealkylation sites (N-methyl/N-ethyl adjacent to an activating group) is 2. The minimum absolute atomic E-state index is 0.298. The molecule has 2 rings (SSSR count). The van der Waals surface area contributed by atoms with Crippen molar-refractivity contribution in [3.05, 3.63) is 23.3 Å². The van der Waals surface area contributed by atoms with E-state index in [0.717, 1.165) is 24.9 Å². The van der Waals surface area contributed by atoms with Gasteiger partial charge in [0.25, 0.3) is 0 Å². The average molecular weight is 311 g/mol. The third-order valence-electron chi connectivity index (χ3n) is 4.45. The van der Waals surface area contributed by atoms with Gasteiger partial charge in [0.05, 0.1) is 4.90 Å². The lowest BCUT2D eigenvalue weighted by molar-refractivity contribution is 0.271. The van der Waals surface area contributed by atoms with E-state index in [-0.39, 0.29) is 0 Å². The van der Waals surface area contributed by atoms with Crippen LogP contribution in [0.1, 0.15) is 24.0 Å². The van der Waals surface area contributed by atoms with Gasteiger partial charge in [0, 0.05) is 25.3 Å². The summed E-state index contributed by atoms with van der Waals surface area (Å²) in [6.07, 6.45) is 2.18. The Hall–Kier alpha value is -1.11. The molecule has 1 aromatic carbocycles. The normalized spacial score (nSPS) is 20.3. The highest BCUT2D eigenvalue weighted by atomic mass is 32.2. The number of nitrogens with two attached hydrogens (primary N) is 1. The van der Waals surface area contributed by atoms with Gasteiger partial charge < -0.3 is 10.6 Å². The summed E-state index contributed by atoms with van der Waals surface area (Å²) in [5, 5.41) is 0. The first kappa shape index (κ1) is 16.3. The summed E-state index contributed by atoms with van der Waals surface area (Å²) in [5.41, 5.74) is 7.78. The summed E-state index contributed by atoms with van der Waals surface area (Å²) in [5.74, 6) is 0. The van der Waals surface area contributed by atoms with Crippen molar-refractivity contribution in [1.82, 2.24) is 9.21 Å². The fraction of sp³-hybridized carbons (Fsp3) is 0.600. The quantitative estimate of drug-likeness (QED) is 0.858. The van der Waals surface area contributed by atoms with Crippen molar-refractivity contribution >= 4 is 15.7 Å². The Bertz CT molecular complexity index is 628. The third-order valence-corrected chi connectivity index (χ3v) is 6.57. The van der Waals surface area contributed by atoms with Crippen molar-refractivity contribution in [3.63, 3.8) is 0 Å². The van der Waals surface area contributed by atoms with Gasteiger partial charge >= 0.3 is 0 Å². The van der Waals surface area contributed by atoms with E-state index >= 15 is 0 Å². The number of benzene rings is 1. The van der Waals surface area contributed by atoms with E-state index in [4.69, 9.17) is 5.73 Å². The van der Waals surface area contributed by atoms with Gasteiger partial charge in [-0.15, -0.1) is 0 Å². The van der Waals surface area contributed by atoms with Crippen LogP contribution in [-0.2, 0) is 10.0 Å². The molecule has 1 heterocycles. The van der Waals surface area contributed by atoms with Crippen molar-refractivity contribution in [2.45, 2.75) is 37.6 Å². The fourth-order valence-electron chi connectivity index (χ4n) is 3.00. The Morgan fingerprint density at radius 3 is 2.62 bits per heavy atom. The van der Waals surface area contributed by atoms with Crippen LogP contribution in [0.5, 0.6) is 0 Å². The van der Waals surface area contributed by atoms with E-state index in [1.54, 1.807) is 26.1 Å². The molecule has 2 N–H and O–H groups in total. The van der Waals surface area contributed by atoms with Crippen molar-refractivity contribution in [3.8, 4) is 0 Å². The van der Waals surface area contributed by atoms with Gasteiger partial charge in [-0.05, 0) is 57.5 Å². The Labute approximate surface area is 127 Å². The SMILES string of the molecule is Cc1ccc(N)c(C)c1S(=O)(=O)N(C)CC1CCCN1C. The van der Waals surface area contributed by atoms with Crippen molar-refractivity contribution in [2.24, 2.45) is 0 Å². The van der Waals surface area contributed by atoms with Crippen LogP contribution in [0.4, 0.5) is 5.69 Å². The molecule has 118 valence electrons. The number of aryl methyl sites for hydroxylation is 1. The molecule has 1 atom stereocenters. The number of nitrogen functional groups attached to an aromatic ring is 1. The Kier molecular flexibility index (Phi) is 4.60. The molecule has 6 heteroatoms. The first-order valence-electron chi connectivity index (χ1n) is 7.27. The smallest absolute Gasteiger partial charge is 0.243 e. The maximum atomic E-state index is 12.9. The van der Waals surface area contributed by atoms with E-state index < -0.39 is 10.0 Å². The molecule has 1 aliphatic heterocycles. The van der Waals surface area contributed by atoms with E-state index in [2.05, 4.69) is 11.9 Å². The van der Waals surface area contributed by atoms with Crippen LogP contribution in [0, 0.1) is 13.8 Å². The fourth-order valence-corrected chi connectivity index (χ4v) is 4.66. The van der Waals surface area contributed by atoms with Crippen LogP contribution in [0.25, 0.3) is 0 Å². The summed E-state index contributed by atoms with van der Waals surface area (Å²) >= 11 is 0. The molecule has 1 unspecified atom stereocenters. The Balaban J connectivity index is 2.31. The second-order valence-corrected chi connectivity index (χ2v) is 7.97. The number of likely N-dealkylation sites (tertiary alicyclic amines) is 1. The lowest BCUT2D eigenvalue weighted by Gasteiger charge is -2.26. The monoisotopic (exact) mass is 311 g/mol. The van der Waals surface area contributed by atoms with Crippen molar-refractivity contribution < 1.29 is 8.42 Å². The summed E-state index contributed by atoms with van der Waals surface area (Å²) in [7, 11) is 0.200. The molecule has 1 saturated heterocycles. The molecule has 0 amide bonds. The van der Waals surface area contributed by atoms with Crippen LogP contribution in [-0.4, -0.2) is 50.8 Å². The zero-order chi connectivity index (χ0) is 15.8. The van der Waals surface area contributed by atoms with Gasteiger partial charge in [0.15, 0.2) is 0 Å².